The van der Waals surface area contributed by atoms with Crippen molar-refractivity contribution in [2.45, 2.75) is 13.3 Å². The standard InChI is InChI=1S/C14H12BrNO4/c1-2-12-11(3-4-20-12)13(17)16-10-6-8(14(18)19)5-9(15)7-10/h3-7H,2H2,1H3,(H,16,17)(H,18,19). The third-order valence-electron chi connectivity index (χ3n) is 2.71. The van der Waals surface area contributed by atoms with Gasteiger partial charge in [-0.1, -0.05) is 22.9 Å². The largest absolute Gasteiger partial charge is 0.478 e. The molecule has 1 amide bonds. The second-order valence-corrected chi connectivity index (χ2v) is 5.01. The summed E-state index contributed by atoms with van der Waals surface area (Å²) < 4.78 is 5.77. The van der Waals surface area contributed by atoms with E-state index in [9.17, 15) is 9.59 Å². The first-order valence-electron chi connectivity index (χ1n) is 5.93. The first kappa shape index (κ1) is 14.3. The van der Waals surface area contributed by atoms with Crippen LogP contribution in [0.1, 0.15) is 33.4 Å². The van der Waals surface area contributed by atoms with Crippen molar-refractivity contribution in [3.63, 3.8) is 0 Å². The summed E-state index contributed by atoms with van der Waals surface area (Å²) in [6.07, 6.45) is 2.06. The minimum Gasteiger partial charge on any atom is -0.478 e. The van der Waals surface area contributed by atoms with Crippen molar-refractivity contribution < 1.29 is 19.1 Å². The summed E-state index contributed by atoms with van der Waals surface area (Å²) in [5, 5.41) is 11.6. The van der Waals surface area contributed by atoms with Crippen LogP contribution < -0.4 is 5.32 Å². The van der Waals surface area contributed by atoms with Crippen LogP contribution in [0.4, 0.5) is 5.69 Å². The molecule has 0 radical (unpaired) electrons. The number of carbonyl (C=O) groups excluding carboxylic acids is 1. The zero-order chi connectivity index (χ0) is 14.7. The van der Waals surface area contributed by atoms with Gasteiger partial charge in [-0.25, -0.2) is 4.79 Å². The van der Waals surface area contributed by atoms with E-state index in [0.29, 0.717) is 27.9 Å². The third kappa shape index (κ3) is 3.08. The van der Waals surface area contributed by atoms with Crippen LogP contribution in [0.2, 0.25) is 0 Å². The fourth-order valence-corrected chi connectivity index (χ4v) is 2.29. The number of amides is 1. The van der Waals surface area contributed by atoms with Crippen LogP contribution in [0.15, 0.2) is 39.4 Å². The van der Waals surface area contributed by atoms with Gasteiger partial charge in [0.2, 0.25) is 0 Å². The molecule has 0 spiro atoms. The van der Waals surface area contributed by atoms with E-state index >= 15 is 0 Å². The summed E-state index contributed by atoms with van der Waals surface area (Å²) in [7, 11) is 0. The number of hydrogen-bond donors (Lipinski definition) is 2. The number of furan rings is 1. The zero-order valence-electron chi connectivity index (χ0n) is 10.6. The molecule has 1 aromatic carbocycles. The van der Waals surface area contributed by atoms with Gasteiger partial charge in [0.15, 0.2) is 0 Å². The Kier molecular flexibility index (Phi) is 4.24. The molecule has 104 valence electrons. The van der Waals surface area contributed by atoms with Crippen LogP contribution in [-0.4, -0.2) is 17.0 Å². The van der Waals surface area contributed by atoms with E-state index in [1.54, 1.807) is 12.1 Å². The lowest BCUT2D eigenvalue weighted by atomic mass is 10.1. The van der Waals surface area contributed by atoms with Gasteiger partial charge in [-0.15, -0.1) is 0 Å². The molecule has 2 rings (SSSR count). The Morgan fingerprint density at radius 3 is 2.75 bits per heavy atom. The fraction of sp³-hybridized carbons (Fsp3) is 0.143. The highest BCUT2D eigenvalue weighted by Gasteiger charge is 2.14. The summed E-state index contributed by atoms with van der Waals surface area (Å²) >= 11 is 3.21. The highest BCUT2D eigenvalue weighted by molar-refractivity contribution is 9.10. The van der Waals surface area contributed by atoms with Gasteiger partial charge in [0.05, 0.1) is 17.4 Å². The van der Waals surface area contributed by atoms with Gasteiger partial charge in [-0.05, 0) is 24.3 Å². The summed E-state index contributed by atoms with van der Waals surface area (Å²) in [6.45, 7) is 1.89. The second kappa shape index (κ2) is 5.92. The van der Waals surface area contributed by atoms with Gasteiger partial charge in [0.25, 0.3) is 5.91 Å². The zero-order valence-corrected chi connectivity index (χ0v) is 12.2. The van der Waals surface area contributed by atoms with Crippen LogP contribution in [0.25, 0.3) is 0 Å². The quantitative estimate of drug-likeness (QED) is 0.893. The maximum Gasteiger partial charge on any atom is 0.335 e. The Morgan fingerprint density at radius 1 is 1.35 bits per heavy atom. The molecule has 6 heteroatoms. The number of carbonyl (C=O) groups is 2. The lowest BCUT2D eigenvalue weighted by Crippen LogP contribution is -2.13. The molecule has 0 unspecified atom stereocenters. The van der Waals surface area contributed by atoms with Crippen LogP contribution in [0, 0.1) is 0 Å². The van der Waals surface area contributed by atoms with Gasteiger partial charge in [0.1, 0.15) is 5.76 Å². The summed E-state index contributed by atoms with van der Waals surface area (Å²) in [4.78, 5) is 23.1. The number of rotatable bonds is 4. The van der Waals surface area contributed by atoms with Crippen LogP contribution in [0.5, 0.6) is 0 Å². The van der Waals surface area contributed by atoms with E-state index in [1.165, 1.54) is 18.4 Å². The molecule has 0 atom stereocenters. The average Bonchev–Trinajstić information content (AvgIpc) is 2.86. The van der Waals surface area contributed by atoms with Crippen molar-refractivity contribution in [1.82, 2.24) is 0 Å². The Hall–Kier alpha value is -2.08. The van der Waals surface area contributed by atoms with Gasteiger partial charge in [-0.2, -0.15) is 0 Å². The number of anilines is 1. The van der Waals surface area contributed by atoms with Crippen LogP contribution in [-0.2, 0) is 6.42 Å². The third-order valence-corrected chi connectivity index (χ3v) is 3.17. The molecule has 0 saturated heterocycles. The minimum atomic E-state index is -1.06. The fourth-order valence-electron chi connectivity index (χ4n) is 1.80. The van der Waals surface area contributed by atoms with E-state index in [2.05, 4.69) is 21.2 Å². The van der Waals surface area contributed by atoms with Crippen molar-refractivity contribution in [1.29, 1.82) is 0 Å². The summed E-state index contributed by atoms with van der Waals surface area (Å²) in [6, 6.07) is 6.09. The molecular weight excluding hydrogens is 326 g/mol. The maximum atomic E-state index is 12.1. The number of aromatic carboxylic acids is 1. The normalized spacial score (nSPS) is 10.3. The molecule has 2 aromatic rings. The van der Waals surface area contributed by atoms with Gasteiger partial charge in [-0.3, -0.25) is 4.79 Å². The first-order valence-corrected chi connectivity index (χ1v) is 6.72. The summed E-state index contributed by atoms with van der Waals surface area (Å²) in [5.41, 5.74) is 0.951. The number of carboxylic acid groups (broad SMARTS) is 1. The second-order valence-electron chi connectivity index (χ2n) is 4.10. The van der Waals surface area contributed by atoms with E-state index < -0.39 is 5.97 Å². The molecule has 0 fully saturated rings. The number of halogens is 1. The SMILES string of the molecule is CCc1occc1C(=O)Nc1cc(Br)cc(C(=O)O)c1. The van der Waals surface area contributed by atoms with Crippen molar-refractivity contribution in [2.75, 3.05) is 5.32 Å². The maximum absolute atomic E-state index is 12.1. The summed E-state index contributed by atoms with van der Waals surface area (Å²) in [5.74, 6) is -0.791. The van der Waals surface area contributed by atoms with Gasteiger partial charge >= 0.3 is 5.97 Å². The lowest BCUT2D eigenvalue weighted by molar-refractivity contribution is 0.0696. The van der Waals surface area contributed by atoms with Gasteiger partial charge in [0, 0.05) is 16.6 Å². The Bertz CT molecular complexity index is 663. The van der Waals surface area contributed by atoms with E-state index in [-0.39, 0.29) is 11.5 Å². The monoisotopic (exact) mass is 337 g/mol. The van der Waals surface area contributed by atoms with Crippen LogP contribution in [0.3, 0.4) is 0 Å². The number of aryl methyl sites for hydroxylation is 1. The predicted molar refractivity (Wildman–Crippen MR) is 77.1 cm³/mol. The van der Waals surface area contributed by atoms with Crippen molar-refractivity contribution in [3.05, 3.63) is 51.9 Å². The average molecular weight is 338 g/mol. The number of nitrogens with one attached hydrogen (secondary N) is 1. The molecule has 2 N–H and O–H groups in total. The molecule has 20 heavy (non-hydrogen) atoms. The molecule has 0 aliphatic heterocycles. The molecule has 1 aromatic heterocycles. The highest BCUT2D eigenvalue weighted by Crippen LogP contribution is 2.21. The van der Waals surface area contributed by atoms with Gasteiger partial charge < -0.3 is 14.8 Å². The Labute approximate surface area is 123 Å². The molecule has 0 aliphatic rings. The van der Waals surface area contributed by atoms with Crippen molar-refractivity contribution in [2.24, 2.45) is 0 Å². The molecule has 0 aliphatic carbocycles. The minimum absolute atomic E-state index is 0.0950. The van der Waals surface area contributed by atoms with E-state index in [4.69, 9.17) is 9.52 Å². The van der Waals surface area contributed by atoms with E-state index in [1.807, 2.05) is 6.92 Å². The topological polar surface area (TPSA) is 79.5 Å². The Morgan fingerprint density at radius 2 is 2.10 bits per heavy atom. The lowest BCUT2D eigenvalue weighted by Gasteiger charge is -2.07. The van der Waals surface area contributed by atoms with Crippen molar-refractivity contribution >= 4 is 33.5 Å². The van der Waals surface area contributed by atoms with E-state index in [0.717, 1.165) is 0 Å². The smallest absolute Gasteiger partial charge is 0.335 e. The first-order chi connectivity index (χ1) is 9.51. The number of benzene rings is 1. The molecular formula is C14H12BrNO4. The number of hydrogen-bond acceptors (Lipinski definition) is 3. The predicted octanol–water partition coefficient (Wildman–Crippen LogP) is 3.56. The van der Waals surface area contributed by atoms with Crippen LogP contribution >= 0.6 is 15.9 Å². The number of carboxylic acids is 1. The Balaban J connectivity index is 2.26. The molecule has 1 heterocycles. The molecule has 0 saturated carbocycles. The molecule has 0 bridgehead atoms. The molecule has 5 nitrogen and oxygen atoms in total. The van der Waals surface area contributed by atoms with Crippen molar-refractivity contribution in [3.8, 4) is 0 Å². The highest BCUT2D eigenvalue weighted by atomic mass is 79.9.